The van der Waals surface area contributed by atoms with E-state index in [1.54, 1.807) is 11.3 Å². The Morgan fingerprint density at radius 3 is 2.44 bits per heavy atom. The first-order chi connectivity index (χ1) is 8.72. The summed E-state index contributed by atoms with van der Waals surface area (Å²) in [5.41, 5.74) is 5.60. The highest BCUT2D eigenvalue weighted by Crippen LogP contribution is 2.21. The van der Waals surface area contributed by atoms with Crippen molar-refractivity contribution in [1.29, 1.82) is 0 Å². The van der Waals surface area contributed by atoms with E-state index in [1.807, 2.05) is 17.5 Å². The fraction of sp³-hybridized carbons (Fsp3) is 0.231. The normalized spacial score (nSPS) is 12.6. The Labute approximate surface area is 108 Å². The van der Waals surface area contributed by atoms with E-state index in [1.165, 1.54) is 18.2 Å². The molecule has 0 saturated carbocycles. The Morgan fingerprint density at radius 1 is 1.17 bits per heavy atom. The molecule has 1 heterocycles. The number of hydrogen-bond donors (Lipinski definition) is 2. The zero-order valence-electron chi connectivity index (χ0n) is 9.70. The summed E-state index contributed by atoms with van der Waals surface area (Å²) in [7, 11) is 0. The van der Waals surface area contributed by atoms with E-state index in [0.717, 1.165) is 4.88 Å². The van der Waals surface area contributed by atoms with Crippen LogP contribution in [0.4, 0.5) is 8.78 Å². The molecule has 5 heteroatoms. The van der Waals surface area contributed by atoms with E-state index < -0.39 is 17.7 Å². The molecule has 0 fully saturated rings. The molecule has 1 unspecified atom stereocenters. The lowest BCUT2D eigenvalue weighted by atomic mass is 10.1. The van der Waals surface area contributed by atoms with E-state index >= 15 is 0 Å². The number of rotatable bonds is 5. The van der Waals surface area contributed by atoms with Gasteiger partial charge in [0.25, 0.3) is 0 Å². The van der Waals surface area contributed by atoms with Crippen LogP contribution in [0.25, 0.3) is 0 Å². The van der Waals surface area contributed by atoms with Crippen molar-refractivity contribution in [2.45, 2.75) is 12.6 Å². The molecule has 96 valence electrons. The molecule has 2 rings (SSSR count). The Balaban J connectivity index is 2.13. The number of thiophene rings is 1. The SMILES string of the molecule is NCC(NCc1cccs1)c1c(F)cccc1F. The first-order valence-electron chi connectivity index (χ1n) is 5.62. The van der Waals surface area contributed by atoms with Gasteiger partial charge in [-0.05, 0) is 23.6 Å². The quantitative estimate of drug-likeness (QED) is 0.875. The minimum atomic E-state index is -0.566. The standard InChI is InChI=1S/C13H14F2N2S/c14-10-4-1-5-11(15)13(10)12(7-16)17-8-9-3-2-6-18-9/h1-6,12,17H,7-8,16H2. The summed E-state index contributed by atoms with van der Waals surface area (Å²) >= 11 is 1.59. The van der Waals surface area contributed by atoms with Gasteiger partial charge in [-0.2, -0.15) is 0 Å². The summed E-state index contributed by atoms with van der Waals surface area (Å²) in [6.45, 7) is 0.691. The molecule has 1 aromatic carbocycles. The number of nitrogens with one attached hydrogen (secondary N) is 1. The Bertz CT molecular complexity index is 479. The largest absolute Gasteiger partial charge is 0.329 e. The van der Waals surface area contributed by atoms with Crippen LogP contribution in [0.2, 0.25) is 0 Å². The Kier molecular flexibility index (Phi) is 4.41. The van der Waals surface area contributed by atoms with Crippen LogP contribution in [0.15, 0.2) is 35.7 Å². The van der Waals surface area contributed by atoms with Crippen LogP contribution in [-0.2, 0) is 6.54 Å². The third kappa shape index (κ3) is 2.93. The maximum absolute atomic E-state index is 13.6. The second-order valence-corrected chi connectivity index (χ2v) is 4.92. The molecule has 0 amide bonds. The molecule has 2 aromatic rings. The van der Waals surface area contributed by atoms with Crippen molar-refractivity contribution in [3.8, 4) is 0 Å². The zero-order chi connectivity index (χ0) is 13.0. The van der Waals surface area contributed by atoms with Crippen molar-refractivity contribution < 1.29 is 8.78 Å². The van der Waals surface area contributed by atoms with Gasteiger partial charge in [-0.1, -0.05) is 12.1 Å². The van der Waals surface area contributed by atoms with Gasteiger partial charge in [0.05, 0.1) is 6.04 Å². The zero-order valence-corrected chi connectivity index (χ0v) is 10.5. The highest BCUT2D eigenvalue weighted by Gasteiger charge is 2.18. The van der Waals surface area contributed by atoms with Crippen molar-refractivity contribution in [2.75, 3.05) is 6.54 Å². The lowest BCUT2D eigenvalue weighted by Gasteiger charge is -2.18. The maximum atomic E-state index is 13.6. The van der Waals surface area contributed by atoms with Crippen LogP contribution in [-0.4, -0.2) is 6.54 Å². The smallest absolute Gasteiger partial charge is 0.130 e. The number of hydrogen-bond acceptors (Lipinski definition) is 3. The molecule has 0 aliphatic rings. The predicted molar refractivity (Wildman–Crippen MR) is 69.3 cm³/mol. The van der Waals surface area contributed by atoms with Crippen LogP contribution in [0.1, 0.15) is 16.5 Å². The summed E-state index contributed by atoms with van der Waals surface area (Å²) in [4.78, 5) is 1.10. The monoisotopic (exact) mass is 268 g/mol. The maximum Gasteiger partial charge on any atom is 0.130 e. The van der Waals surface area contributed by atoms with Gasteiger partial charge in [-0.3, -0.25) is 0 Å². The van der Waals surface area contributed by atoms with E-state index in [-0.39, 0.29) is 12.1 Å². The summed E-state index contributed by atoms with van der Waals surface area (Å²) < 4.78 is 27.2. The van der Waals surface area contributed by atoms with Crippen LogP contribution >= 0.6 is 11.3 Å². The van der Waals surface area contributed by atoms with Crippen LogP contribution in [0.5, 0.6) is 0 Å². The number of benzene rings is 1. The minimum Gasteiger partial charge on any atom is -0.329 e. The average Bonchev–Trinajstić information content (AvgIpc) is 2.86. The summed E-state index contributed by atoms with van der Waals surface area (Å²) in [6.07, 6.45) is 0. The molecule has 18 heavy (non-hydrogen) atoms. The molecular formula is C13H14F2N2S. The predicted octanol–water partition coefficient (Wildman–Crippen LogP) is 2.82. The first kappa shape index (κ1) is 13.1. The molecule has 1 aromatic heterocycles. The van der Waals surface area contributed by atoms with Crippen molar-refractivity contribution in [1.82, 2.24) is 5.32 Å². The van der Waals surface area contributed by atoms with E-state index in [2.05, 4.69) is 5.32 Å². The summed E-state index contributed by atoms with van der Waals surface area (Å²) in [6, 6.07) is 7.21. The van der Waals surface area contributed by atoms with Gasteiger partial charge in [0, 0.05) is 23.5 Å². The van der Waals surface area contributed by atoms with Gasteiger partial charge in [0.15, 0.2) is 0 Å². The summed E-state index contributed by atoms with van der Waals surface area (Å²) in [5.74, 6) is -1.13. The van der Waals surface area contributed by atoms with Crippen molar-refractivity contribution in [2.24, 2.45) is 5.73 Å². The second-order valence-electron chi connectivity index (χ2n) is 3.88. The molecular weight excluding hydrogens is 254 g/mol. The fourth-order valence-corrected chi connectivity index (χ4v) is 2.44. The van der Waals surface area contributed by atoms with Crippen molar-refractivity contribution in [3.63, 3.8) is 0 Å². The van der Waals surface area contributed by atoms with Crippen molar-refractivity contribution >= 4 is 11.3 Å². The van der Waals surface area contributed by atoms with Gasteiger partial charge in [-0.25, -0.2) is 8.78 Å². The number of nitrogens with two attached hydrogens (primary N) is 1. The third-order valence-electron chi connectivity index (χ3n) is 2.69. The van der Waals surface area contributed by atoms with Gasteiger partial charge < -0.3 is 11.1 Å². The molecule has 0 radical (unpaired) electrons. The molecule has 0 aliphatic carbocycles. The third-order valence-corrected chi connectivity index (χ3v) is 3.56. The molecule has 1 atom stereocenters. The molecule has 3 N–H and O–H groups in total. The molecule has 0 bridgehead atoms. The Morgan fingerprint density at radius 2 is 1.89 bits per heavy atom. The van der Waals surface area contributed by atoms with E-state index in [4.69, 9.17) is 5.73 Å². The molecule has 0 saturated heterocycles. The van der Waals surface area contributed by atoms with Crippen LogP contribution < -0.4 is 11.1 Å². The minimum absolute atomic E-state index is 0.0107. The topological polar surface area (TPSA) is 38.0 Å². The average molecular weight is 268 g/mol. The van der Waals surface area contributed by atoms with Gasteiger partial charge in [0.1, 0.15) is 11.6 Å². The van der Waals surface area contributed by atoms with E-state index in [9.17, 15) is 8.78 Å². The molecule has 0 spiro atoms. The lowest BCUT2D eigenvalue weighted by molar-refractivity contribution is 0.472. The van der Waals surface area contributed by atoms with Gasteiger partial charge in [-0.15, -0.1) is 11.3 Å². The van der Waals surface area contributed by atoms with Crippen LogP contribution in [0.3, 0.4) is 0 Å². The number of halogens is 2. The second kappa shape index (κ2) is 6.04. The van der Waals surface area contributed by atoms with E-state index in [0.29, 0.717) is 6.54 Å². The highest BCUT2D eigenvalue weighted by atomic mass is 32.1. The highest BCUT2D eigenvalue weighted by molar-refractivity contribution is 7.09. The van der Waals surface area contributed by atoms with Gasteiger partial charge >= 0.3 is 0 Å². The molecule has 2 nitrogen and oxygen atoms in total. The van der Waals surface area contributed by atoms with Crippen molar-refractivity contribution in [3.05, 3.63) is 57.8 Å². The first-order valence-corrected chi connectivity index (χ1v) is 6.50. The van der Waals surface area contributed by atoms with Crippen LogP contribution in [0, 0.1) is 11.6 Å². The Hall–Kier alpha value is -1.30. The van der Waals surface area contributed by atoms with Gasteiger partial charge in [0.2, 0.25) is 0 Å². The fourth-order valence-electron chi connectivity index (χ4n) is 1.78. The molecule has 0 aliphatic heterocycles. The lowest BCUT2D eigenvalue weighted by Crippen LogP contribution is -2.29. The summed E-state index contributed by atoms with van der Waals surface area (Å²) in [5, 5.41) is 5.03.